The zero-order valence-electron chi connectivity index (χ0n) is 13.1. The molecule has 1 saturated heterocycles. The minimum absolute atomic E-state index is 0.625. The lowest BCUT2D eigenvalue weighted by Crippen LogP contribution is -2.33. The Morgan fingerprint density at radius 2 is 1.90 bits per heavy atom. The summed E-state index contributed by atoms with van der Waals surface area (Å²) < 4.78 is 0. The molecule has 2 aliphatic rings. The Morgan fingerprint density at radius 3 is 2.50 bits per heavy atom. The van der Waals surface area contributed by atoms with E-state index in [1.165, 1.54) is 36.9 Å². The van der Waals surface area contributed by atoms with Gasteiger partial charge in [-0.05, 0) is 43.2 Å². The number of rotatable bonds is 5. The van der Waals surface area contributed by atoms with E-state index in [1.807, 2.05) is 0 Å². The Hall–Kier alpha value is -0.860. The first-order valence-corrected chi connectivity index (χ1v) is 8.21. The summed E-state index contributed by atoms with van der Waals surface area (Å²) in [4.78, 5) is 2.71. The fourth-order valence-corrected chi connectivity index (χ4v) is 3.40. The molecule has 2 nitrogen and oxygen atoms in total. The monoisotopic (exact) mass is 272 g/mol. The normalized spacial score (nSPS) is 27.4. The molecule has 0 aromatic heterocycles. The van der Waals surface area contributed by atoms with Crippen molar-refractivity contribution in [2.75, 3.05) is 6.54 Å². The molecule has 1 saturated carbocycles. The van der Waals surface area contributed by atoms with Crippen LogP contribution in [0.3, 0.4) is 0 Å². The fraction of sp³-hybridized carbons (Fsp3) is 0.667. The van der Waals surface area contributed by atoms with Crippen LogP contribution in [0.4, 0.5) is 0 Å². The van der Waals surface area contributed by atoms with Gasteiger partial charge in [-0.2, -0.15) is 0 Å². The molecular formula is C18H28N2. The fourth-order valence-electron chi connectivity index (χ4n) is 3.40. The smallest absolute Gasteiger partial charge is 0.0213 e. The van der Waals surface area contributed by atoms with E-state index in [2.05, 4.69) is 55.3 Å². The zero-order valence-corrected chi connectivity index (χ0v) is 13.1. The predicted octanol–water partition coefficient (Wildman–Crippen LogP) is 3.52. The Morgan fingerprint density at radius 1 is 1.20 bits per heavy atom. The molecule has 1 aromatic carbocycles. The van der Waals surface area contributed by atoms with Gasteiger partial charge in [0.2, 0.25) is 0 Å². The molecule has 20 heavy (non-hydrogen) atoms. The van der Waals surface area contributed by atoms with Gasteiger partial charge in [0.1, 0.15) is 0 Å². The highest BCUT2D eigenvalue weighted by molar-refractivity contribution is 5.24. The third-order valence-corrected chi connectivity index (χ3v) is 4.88. The van der Waals surface area contributed by atoms with Gasteiger partial charge in [0, 0.05) is 31.2 Å². The van der Waals surface area contributed by atoms with Crippen LogP contribution in [0.25, 0.3) is 0 Å². The van der Waals surface area contributed by atoms with Gasteiger partial charge in [0.05, 0.1) is 0 Å². The zero-order chi connectivity index (χ0) is 14.1. The Labute approximate surface area is 123 Å². The molecule has 1 aliphatic heterocycles. The van der Waals surface area contributed by atoms with Crippen LogP contribution in [-0.4, -0.2) is 29.6 Å². The van der Waals surface area contributed by atoms with Crippen molar-refractivity contribution in [3.8, 4) is 0 Å². The summed E-state index contributed by atoms with van der Waals surface area (Å²) in [6.45, 7) is 9.14. The second-order valence-electron chi connectivity index (χ2n) is 6.99. The molecule has 2 fully saturated rings. The third kappa shape index (κ3) is 3.24. The second-order valence-corrected chi connectivity index (χ2v) is 6.99. The van der Waals surface area contributed by atoms with Gasteiger partial charge in [-0.1, -0.05) is 38.1 Å². The molecule has 0 amide bonds. The van der Waals surface area contributed by atoms with Gasteiger partial charge in [-0.3, -0.25) is 4.90 Å². The van der Waals surface area contributed by atoms with Gasteiger partial charge in [-0.15, -0.1) is 0 Å². The first kappa shape index (κ1) is 14.1. The van der Waals surface area contributed by atoms with Gasteiger partial charge >= 0.3 is 0 Å². The van der Waals surface area contributed by atoms with Crippen molar-refractivity contribution in [3.63, 3.8) is 0 Å². The van der Waals surface area contributed by atoms with Gasteiger partial charge in [0.25, 0.3) is 0 Å². The molecule has 0 radical (unpaired) electrons. The average molecular weight is 272 g/mol. The summed E-state index contributed by atoms with van der Waals surface area (Å²) in [6, 6.07) is 11.4. The first-order chi connectivity index (χ1) is 9.63. The van der Waals surface area contributed by atoms with Gasteiger partial charge in [-0.25, -0.2) is 0 Å². The topological polar surface area (TPSA) is 15.3 Å². The number of likely N-dealkylation sites (tertiary alicyclic amines) is 1. The summed E-state index contributed by atoms with van der Waals surface area (Å²) in [7, 11) is 0. The van der Waals surface area contributed by atoms with E-state index in [1.54, 1.807) is 0 Å². The van der Waals surface area contributed by atoms with E-state index in [0.29, 0.717) is 12.0 Å². The molecular weight excluding hydrogens is 244 g/mol. The molecule has 3 rings (SSSR count). The molecule has 0 spiro atoms. The number of hydrogen-bond acceptors (Lipinski definition) is 2. The van der Waals surface area contributed by atoms with Crippen LogP contribution < -0.4 is 5.32 Å². The number of hydrogen-bond donors (Lipinski definition) is 1. The van der Waals surface area contributed by atoms with Crippen LogP contribution in [0.15, 0.2) is 24.3 Å². The summed E-state index contributed by atoms with van der Waals surface area (Å²) in [6.07, 6.45) is 4.15. The summed E-state index contributed by atoms with van der Waals surface area (Å²) >= 11 is 0. The minimum Gasteiger partial charge on any atom is -0.309 e. The number of benzene rings is 1. The Bertz CT molecular complexity index is 433. The standard InChI is InChI=1S/C18H28N2/c1-13(2)16-6-4-15(5-7-16)11-19-17-10-14(3)20(12-17)18-8-9-18/h4-7,13-14,17-19H,8-12H2,1-3H3. The first-order valence-electron chi connectivity index (χ1n) is 8.21. The van der Waals surface area contributed by atoms with E-state index in [9.17, 15) is 0 Å². The van der Waals surface area contributed by atoms with Crippen LogP contribution in [0.5, 0.6) is 0 Å². The highest BCUT2D eigenvalue weighted by atomic mass is 15.3. The Kier molecular flexibility index (Phi) is 4.13. The van der Waals surface area contributed by atoms with Crippen molar-refractivity contribution in [2.24, 2.45) is 0 Å². The summed E-state index contributed by atoms with van der Waals surface area (Å²) in [5.74, 6) is 0.625. The average Bonchev–Trinajstić information content (AvgIpc) is 3.21. The van der Waals surface area contributed by atoms with E-state index >= 15 is 0 Å². The lowest BCUT2D eigenvalue weighted by molar-refractivity contribution is 0.255. The maximum Gasteiger partial charge on any atom is 0.0213 e. The maximum atomic E-state index is 3.75. The van der Waals surface area contributed by atoms with E-state index in [-0.39, 0.29) is 0 Å². The third-order valence-electron chi connectivity index (χ3n) is 4.88. The molecule has 1 aromatic rings. The van der Waals surface area contributed by atoms with Crippen LogP contribution in [-0.2, 0) is 6.54 Å². The van der Waals surface area contributed by atoms with E-state index in [4.69, 9.17) is 0 Å². The molecule has 2 heteroatoms. The van der Waals surface area contributed by atoms with Crippen molar-refractivity contribution < 1.29 is 0 Å². The maximum absolute atomic E-state index is 3.75. The van der Waals surface area contributed by atoms with Crippen LogP contribution in [0.1, 0.15) is 57.1 Å². The molecule has 1 aliphatic carbocycles. The quantitative estimate of drug-likeness (QED) is 0.882. The summed E-state index contributed by atoms with van der Waals surface area (Å²) in [5, 5.41) is 3.75. The van der Waals surface area contributed by atoms with Crippen molar-refractivity contribution in [1.82, 2.24) is 10.2 Å². The molecule has 2 atom stereocenters. The highest BCUT2D eigenvalue weighted by Gasteiger charge is 2.38. The Balaban J connectivity index is 1.49. The molecule has 2 unspecified atom stereocenters. The largest absolute Gasteiger partial charge is 0.309 e. The second kappa shape index (κ2) is 5.87. The SMILES string of the molecule is CC(C)c1ccc(CNC2CC(C)N(C3CC3)C2)cc1. The lowest BCUT2D eigenvalue weighted by atomic mass is 10.0. The van der Waals surface area contributed by atoms with Crippen molar-refractivity contribution >= 4 is 0 Å². The molecule has 1 heterocycles. The minimum atomic E-state index is 0.625. The van der Waals surface area contributed by atoms with Crippen molar-refractivity contribution in [3.05, 3.63) is 35.4 Å². The molecule has 1 N–H and O–H groups in total. The highest BCUT2D eigenvalue weighted by Crippen LogP contribution is 2.33. The lowest BCUT2D eigenvalue weighted by Gasteiger charge is -2.19. The van der Waals surface area contributed by atoms with Crippen LogP contribution in [0, 0.1) is 0 Å². The van der Waals surface area contributed by atoms with Crippen LogP contribution in [0.2, 0.25) is 0 Å². The predicted molar refractivity (Wildman–Crippen MR) is 85.0 cm³/mol. The van der Waals surface area contributed by atoms with Crippen molar-refractivity contribution in [2.45, 2.75) is 70.6 Å². The van der Waals surface area contributed by atoms with E-state index in [0.717, 1.165) is 18.6 Å². The van der Waals surface area contributed by atoms with Gasteiger partial charge < -0.3 is 5.32 Å². The molecule has 110 valence electrons. The number of nitrogens with zero attached hydrogens (tertiary/aromatic N) is 1. The van der Waals surface area contributed by atoms with Crippen LogP contribution >= 0.6 is 0 Å². The number of nitrogens with one attached hydrogen (secondary N) is 1. The molecule has 0 bridgehead atoms. The van der Waals surface area contributed by atoms with E-state index < -0.39 is 0 Å². The summed E-state index contributed by atoms with van der Waals surface area (Å²) in [5.41, 5.74) is 2.84. The van der Waals surface area contributed by atoms with Crippen molar-refractivity contribution in [1.29, 1.82) is 0 Å². The van der Waals surface area contributed by atoms with Gasteiger partial charge in [0.15, 0.2) is 0 Å².